The minimum absolute atomic E-state index is 0.268. The number of hydrogen-bond donors (Lipinski definition) is 5. The molecule has 0 saturated carbocycles. The van der Waals surface area contributed by atoms with Gasteiger partial charge in [-0.25, -0.2) is 14.3 Å². The Bertz CT molecular complexity index is 884. The number of urea groups is 1. The summed E-state index contributed by atoms with van der Waals surface area (Å²) < 4.78 is 27.7. The highest BCUT2D eigenvalue weighted by atomic mass is 32.2. The molecule has 1 unspecified atom stereocenters. The van der Waals surface area contributed by atoms with Crippen molar-refractivity contribution in [3.05, 3.63) is 23.8 Å². The van der Waals surface area contributed by atoms with Crippen LogP contribution >= 0.6 is 0 Å². The summed E-state index contributed by atoms with van der Waals surface area (Å²) in [4.78, 5) is 34.1. The summed E-state index contributed by atoms with van der Waals surface area (Å²) in [5.74, 6) is -1.69. The largest absolute Gasteiger partial charge is 0.504 e. The SMILES string of the molecule is O=C(O)NC1CN(C(=O)NS(=O)(=O)N=NCc2ccc(O)c(O)c2)C1=O. The lowest BCUT2D eigenvalue weighted by Crippen LogP contribution is -2.67. The van der Waals surface area contributed by atoms with E-state index in [9.17, 15) is 27.9 Å². The van der Waals surface area contributed by atoms with Crippen LogP contribution in [0.2, 0.25) is 0 Å². The van der Waals surface area contributed by atoms with Crippen molar-refractivity contribution in [2.75, 3.05) is 6.54 Å². The molecule has 1 heterocycles. The van der Waals surface area contributed by atoms with Gasteiger partial charge in [-0.05, 0) is 22.2 Å². The summed E-state index contributed by atoms with van der Waals surface area (Å²) in [5, 5.41) is 32.1. The monoisotopic (exact) mass is 387 g/mol. The molecule has 1 atom stereocenters. The first-order valence-electron chi connectivity index (χ1n) is 6.86. The van der Waals surface area contributed by atoms with E-state index in [2.05, 4.69) is 9.63 Å². The van der Waals surface area contributed by atoms with Gasteiger partial charge in [-0.3, -0.25) is 9.69 Å². The number of nitrogens with zero attached hydrogens (tertiary/aromatic N) is 3. The van der Waals surface area contributed by atoms with E-state index in [1.807, 2.05) is 5.32 Å². The maximum absolute atomic E-state index is 11.7. The molecule has 5 N–H and O–H groups in total. The van der Waals surface area contributed by atoms with Crippen LogP contribution in [-0.2, 0) is 21.5 Å². The molecule has 2 rings (SSSR count). The normalized spacial score (nSPS) is 17.0. The maximum Gasteiger partial charge on any atom is 0.405 e. The van der Waals surface area contributed by atoms with E-state index in [0.29, 0.717) is 10.5 Å². The molecule has 0 spiro atoms. The van der Waals surface area contributed by atoms with Crippen molar-refractivity contribution in [1.82, 2.24) is 14.9 Å². The number of benzene rings is 1. The van der Waals surface area contributed by atoms with Crippen LogP contribution in [0.3, 0.4) is 0 Å². The molecule has 1 aromatic rings. The Morgan fingerprint density at radius 3 is 2.54 bits per heavy atom. The number of carbonyl (C=O) groups excluding carboxylic acids is 2. The first kappa shape index (κ1) is 18.9. The van der Waals surface area contributed by atoms with E-state index >= 15 is 0 Å². The highest BCUT2D eigenvalue weighted by Gasteiger charge is 2.42. The predicted molar refractivity (Wildman–Crippen MR) is 82.4 cm³/mol. The Balaban J connectivity index is 1.90. The van der Waals surface area contributed by atoms with Crippen molar-refractivity contribution in [2.45, 2.75) is 12.6 Å². The van der Waals surface area contributed by atoms with E-state index < -0.39 is 40.0 Å². The van der Waals surface area contributed by atoms with E-state index in [1.165, 1.54) is 16.9 Å². The lowest BCUT2D eigenvalue weighted by atomic mass is 10.1. The van der Waals surface area contributed by atoms with Crippen LogP contribution in [0.5, 0.6) is 11.5 Å². The van der Waals surface area contributed by atoms with E-state index in [4.69, 9.17) is 10.2 Å². The van der Waals surface area contributed by atoms with Crippen LogP contribution in [0.25, 0.3) is 0 Å². The van der Waals surface area contributed by atoms with Crippen molar-refractivity contribution in [3.63, 3.8) is 0 Å². The number of β-lactam (4-membered cyclic amide) rings is 1. The minimum Gasteiger partial charge on any atom is -0.504 e. The lowest BCUT2D eigenvalue weighted by molar-refractivity contribution is -0.138. The second-order valence-electron chi connectivity index (χ2n) is 5.04. The summed E-state index contributed by atoms with van der Waals surface area (Å²) in [6.07, 6.45) is -1.45. The number of carboxylic acid groups (broad SMARTS) is 1. The standard InChI is InChI=1S/C12H13N5O8S/c18-8-2-1-6(3-9(8)19)4-13-16-26(24,25)15-11(21)17-5-7(10(17)20)14-12(22)23/h1-3,7,14,18-19H,4-5H2,(H,15,21)(H,22,23). The molecule has 0 bridgehead atoms. The average molecular weight is 387 g/mol. The molecule has 26 heavy (non-hydrogen) atoms. The number of likely N-dealkylation sites (tertiary alicyclic amines) is 1. The number of rotatable bonds is 5. The van der Waals surface area contributed by atoms with Gasteiger partial charge in [0, 0.05) is 0 Å². The van der Waals surface area contributed by atoms with Crippen LogP contribution in [-0.4, -0.2) is 59.3 Å². The van der Waals surface area contributed by atoms with Crippen LogP contribution < -0.4 is 10.0 Å². The smallest absolute Gasteiger partial charge is 0.405 e. The number of amides is 4. The highest BCUT2D eigenvalue weighted by molar-refractivity contribution is 7.88. The Kier molecular flexibility index (Phi) is 5.25. The molecule has 1 aromatic carbocycles. The van der Waals surface area contributed by atoms with Gasteiger partial charge in [-0.15, -0.1) is 0 Å². The summed E-state index contributed by atoms with van der Waals surface area (Å²) in [7, 11) is -4.54. The number of imide groups is 1. The first-order chi connectivity index (χ1) is 12.1. The summed E-state index contributed by atoms with van der Waals surface area (Å²) in [6, 6.07) is 1.28. The fourth-order valence-electron chi connectivity index (χ4n) is 1.91. The topological polar surface area (TPSA) is 198 Å². The molecular formula is C12H13N5O8S. The number of carbonyl (C=O) groups is 3. The molecule has 1 aliphatic rings. The van der Waals surface area contributed by atoms with Gasteiger partial charge in [-0.2, -0.15) is 13.5 Å². The molecule has 13 nitrogen and oxygen atoms in total. The number of aromatic hydroxyl groups is 2. The molecule has 4 amide bonds. The van der Waals surface area contributed by atoms with Gasteiger partial charge in [0.25, 0.3) is 5.91 Å². The predicted octanol–water partition coefficient (Wildman–Crippen LogP) is -0.517. The third kappa shape index (κ3) is 4.56. The fourth-order valence-corrected chi connectivity index (χ4v) is 2.49. The van der Waals surface area contributed by atoms with Crippen LogP contribution in [0.15, 0.2) is 27.8 Å². The quantitative estimate of drug-likeness (QED) is 0.252. The fraction of sp³-hybridized carbons (Fsp3) is 0.250. The lowest BCUT2D eigenvalue weighted by Gasteiger charge is -2.35. The third-order valence-electron chi connectivity index (χ3n) is 3.15. The van der Waals surface area contributed by atoms with E-state index in [0.717, 1.165) is 6.07 Å². The zero-order valence-corrected chi connectivity index (χ0v) is 13.7. The summed E-state index contributed by atoms with van der Waals surface area (Å²) >= 11 is 0. The van der Waals surface area contributed by atoms with Crippen molar-refractivity contribution < 1.29 is 38.1 Å². The zero-order valence-electron chi connectivity index (χ0n) is 12.9. The Morgan fingerprint density at radius 2 is 1.96 bits per heavy atom. The maximum atomic E-state index is 11.7. The molecule has 140 valence electrons. The van der Waals surface area contributed by atoms with Crippen molar-refractivity contribution in [3.8, 4) is 11.5 Å². The van der Waals surface area contributed by atoms with Gasteiger partial charge in [0.1, 0.15) is 6.04 Å². The van der Waals surface area contributed by atoms with Crippen molar-refractivity contribution >= 4 is 28.2 Å². The molecule has 0 aromatic heterocycles. The summed E-state index contributed by atoms with van der Waals surface area (Å²) in [5.41, 5.74) is 0.339. The Morgan fingerprint density at radius 1 is 1.27 bits per heavy atom. The van der Waals surface area contributed by atoms with Crippen LogP contribution in [0.1, 0.15) is 5.56 Å². The van der Waals surface area contributed by atoms with Crippen LogP contribution in [0.4, 0.5) is 9.59 Å². The van der Waals surface area contributed by atoms with Gasteiger partial charge in [0.15, 0.2) is 11.5 Å². The van der Waals surface area contributed by atoms with E-state index in [1.54, 1.807) is 0 Å². The number of phenolic OH excluding ortho intramolecular Hbond substituents is 2. The number of hydrogen-bond acceptors (Lipinski definition) is 8. The molecule has 1 aliphatic heterocycles. The average Bonchev–Trinajstić information content (AvgIpc) is 2.53. The molecular weight excluding hydrogens is 374 g/mol. The molecule has 0 aliphatic carbocycles. The number of nitrogens with one attached hydrogen (secondary N) is 2. The second kappa shape index (κ2) is 7.22. The molecule has 1 saturated heterocycles. The van der Waals surface area contributed by atoms with Gasteiger partial charge in [0.2, 0.25) is 0 Å². The van der Waals surface area contributed by atoms with Gasteiger partial charge in [-0.1, -0.05) is 6.07 Å². The van der Waals surface area contributed by atoms with Crippen molar-refractivity contribution in [2.24, 2.45) is 9.63 Å². The minimum atomic E-state index is -4.54. The van der Waals surface area contributed by atoms with Gasteiger partial charge >= 0.3 is 22.3 Å². The van der Waals surface area contributed by atoms with Crippen LogP contribution in [0, 0.1) is 0 Å². The highest BCUT2D eigenvalue weighted by Crippen LogP contribution is 2.25. The first-order valence-corrected chi connectivity index (χ1v) is 8.30. The Labute approximate surface area is 146 Å². The van der Waals surface area contributed by atoms with Gasteiger partial charge < -0.3 is 20.6 Å². The summed E-state index contributed by atoms with van der Waals surface area (Å²) in [6.45, 7) is -0.591. The van der Waals surface area contributed by atoms with E-state index in [-0.39, 0.29) is 18.8 Å². The Hall–Kier alpha value is -3.42. The molecule has 14 heteroatoms. The van der Waals surface area contributed by atoms with Gasteiger partial charge in [0.05, 0.1) is 13.1 Å². The van der Waals surface area contributed by atoms with Crippen molar-refractivity contribution in [1.29, 1.82) is 0 Å². The molecule has 0 radical (unpaired) electrons. The number of phenols is 2. The zero-order chi connectivity index (χ0) is 19.5. The molecule has 1 fully saturated rings. The second-order valence-corrected chi connectivity index (χ2v) is 6.36. The third-order valence-corrected chi connectivity index (χ3v) is 3.91.